The van der Waals surface area contributed by atoms with Gasteiger partial charge >= 0.3 is 6.09 Å². The fourth-order valence-corrected chi connectivity index (χ4v) is 4.06. The number of para-hydroxylation sites is 1. The van der Waals surface area contributed by atoms with Crippen LogP contribution in [0.2, 0.25) is 0 Å². The Morgan fingerprint density at radius 1 is 1.07 bits per heavy atom. The molecule has 2 fully saturated rings. The molecule has 0 aliphatic carbocycles. The highest BCUT2D eigenvalue weighted by atomic mass is 16.6. The predicted octanol–water partition coefficient (Wildman–Crippen LogP) is 2.98. The second kappa shape index (κ2) is 9.22. The SMILES string of the molecule is CCC1CCCCN1C(=O)C(C)N1CCN(C(=O)Oc2ccccc2)CC1. The lowest BCUT2D eigenvalue weighted by atomic mass is 9.99. The minimum absolute atomic E-state index is 0.135. The summed E-state index contributed by atoms with van der Waals surface area (Å²) in [5, 5.41) is 0. The van der Waals surface area contributed by atoms with Crippen LogP contribution in [0.4, 0.5) is 4.79 Å². The molecule has 2 unspecified atom stereocenters. The van der Waals surface area contributed by atoms with Gasteiger partial charge in [-0.1, -0.05) is 25.1 Å². The quantitative estimate of drug-likeness (QED) is 0.814. The summed E-state index contributed by atoms with van der Waals surface area (Å²) in [7, 11) is 0. The number of benzene rings is 1. The van der Waals surface area contributed by atoms with Crippen LogP contribution in [0.25, 0.3) is 0 Å². The molecule has 2 aliphatic rings. The number of nitrogens with zero attached hydrogens (tertiary/aromatic N) is 3. The van der Waals surface area contributed by atoms with Crippen molar-refractivity contribution in [3.05, 3.63) is 30.3 Å². The molecule has 3 rings (SSSR count). The lowest BCUT2D eigenvalue weighted by Gasteiger charge is -2.41. The Hall–Kier alpha value is -2.08. The topological polar surface area (TPSA) is 53.1 Å². The molecular weight excluding hydrogens is 342 g/mol. The first-order chi connectivity index (χ1) is 13.1. The number of carbonyl (C=O) groups excluding carboxylic acids is 2. The van der Waals surface area contributed by atoms with Crippen LogP contribution in [0.1, 0.15) is 39.5 Å². The number of amides is 2. The van der Waals surface area contributed by atoms with Gasteiger partial charge in [-0.3, -0.25) is 9.69 Å². The van der Waals surface area contributed by atoms with E-state index in [2.05, 4.69) is 16.7 Å². The van der Waals surface area contributed by atoms with Gasteiger partial charge in [-0.05, 0) is 44.7 Å². The number of likely N-dealkylation sites (tertiary alicyclic amines) is 1. The summed E-state index contributed by atoms with van der Waals surface area (Å²) in [6.07, 6.45) is 4.15. The summed E-state index contributed by atoms with van der Waals surface area (Å²) in [4.78, 5) is 31.3. The minimum atomic E-state index is -0.318. The Labute approximate surface area is 162 Å². The maximum Gasteiger partial charge on any atom is 0.415 e. The van der Waals surface area contributed by atoms with E-state index in [9.17, 15) is 9.59 Å². The highest BCUT2D eigenvalue weighted by molar-refractivity contribution is 5.82. The van der Waals surface area contributed by atoms with E-state index in [1.807, 2.05) is 25.1 Å². The first-order valence-corrected chi connectivity index (χ1v) is 10.2. The fourth-order valence-electron chi connectivity index (χ4n) is 4.06. The summed E-state index contributed by atoms with van der Waals surface area (Å²) in [5.74, 6) is 0.797. The van der Waals surface area contributed by atoms with Crippen molar-refractivity contribution in [3.8, 4) is 5.75 Å². The summed E-state index contributed by atoms with van der Waals surface area (Å²) >= 11 is 0. The molecule has 2 amide bonds. The first kappa shape index (κ1) is 19.7. The zero-order chi connectivity index (χ0) is 19.2. The van der Waals surface area contributed by atoms with Crippen LogP contribution in [-0.2, 0) is 4.79 Å². The van der Waals surface area contributed by atoms with Crippen LogP contribution in [-0.4, -0.2) is 71.5 Å². The fraction of sp³-hybridized carbons (Fsp3) is 0.619. The van der Waals surface area contributed by atoms with Crippen molar-refractivity contribution in [2.45, 2.75) is 51.6 Å². The molecule has 0 bridgehead atoms. The zero-order valence-electron chi connectivity index (χ0n) is 16.5. The zero-order valence-corrected chi connectivity index (χ0v) is 16.5. The molecule has 0 radical (unpaired) electrons. The van der Waals surface area contributed by atoms with Crippen molar-refractivity contribution in [1.82, 2.24) is 14.7 Å². The molecule has 1 aromatic rings. The van der Waals surface area contributed by atoms with Gasteiger partial charge in [-0.2, -0.15) is 0 Å². The lowest BCUT2D eigenvalue weighted by Crippen LogP contribution is -2.57. The highest BCUT2D eigenvalue weighted by Gasteiger charge is 2.33. The van der Waals surface area contributed by atoms with Crippen molar-refractivity contribution in [3.63, 3.8) is 0 Å². The van der Waals surface area contributed by atoms with E-state index >= 15 is 0 Å². The van der Waals surface area contributed by atoms with E-state index in [-0.39, 0.29) is 18.0 Å². The van der Waals surface area contributed by atoms with E-state index in [0.29, 0.717) is 38.0 Å². The molecule has 0 aromatic heterocycles. The minimum Gasteiger partial charge on any atom is -0.410 e. The highest BCUT2D eigenvalue weighted by Crippen LogP contribution is 2.22. The summed E-state index contributed by atoms with van der Waals surface area (Å²) in [5.41, 5.74) is 0. The molecule has 0 saturated carbocycles. The van der Waals surface area contributed by atoms with Gasteiger partial charge in [-0.15, -0.1) is 0 Å². The average Bonchev–Trinajstić information content (AvgIpc) is 2.73. The second-order valence-corrected chi connectivity index (χ2v) is 7.47. The van der Waals surface area contributed by atoms with Gasteiger partial charge in [0.15, 0.2) is 0 Å². The smallest absolute Gasteiger partial charge is 0.410 e. The molecule has 2 heterocycles. The van der Waals surface area contributed by atoms with Gasteiger partial charge in [-0.25, -0.2) is 4.79 Å². The molecule has 6 heteroatoms. The number of piperidine rings is 1. The largest absolute Gasteiger partial charge is 0.415 e. The van der Waals surface area contributed by atoms with Crippen molar-refractivity contribution in [1.29, 1.82) is 0 Å². The van der Waals surface area contributed by atoms with Gasteiger partial charge in [0.05, 0.1) is 6.04 Å². The van der Waals surface area contributed by atoms with Crippen LogP contribution in [0.15, 0.2) is 30.3 Å². The Morgan fingerprint density at radius 3 is 2.44 bits per heavy atom. The van der Waals surface area contributed by atoms with Gasteiger partial charge in [0.2, 0.25) is 5.91 Å². The van der Waals surface area contributed by atoms with E-state index < -0.39 is 0 Å². The predicted molar refractivity (Wildman–Crippen MR) is 105 cm³/mol. The Kier molecular flexibility index (Phi) is 6.72. The monoisotopic (exact) mass is 373 g/mol. The number of hydrogen-bond donors (Lipinski definition) is 0. The van der Waals surface area contributed by atoms with Crippen molar-refractivity contribution >= 4 is 12.0 Å². The van der Waals surface area contributed by atoms with Crippen molar-refractivity contribution in [2.75, 3.05) is 32.7 Å². The van der Waals surface area contributed by atoms with E-state index in [4.69, 9.17) is 4.74 Å². The first-order valence-electron chi connectivity index (χ1n) is 10.2. The standard InChI is InChI=1S/C21H31N3O3/c1-3-18-9-7-8-12-24(18)20(25)17(2)22-13-15-23(16-14-22)21(26)27-19-10-5-4-6-11-19/h4-6,10-11,17-18H,3,7-9,12-16H2,1-2H3. The third-order valence-electron chi connectivity index (χ3n) is 5.81. The maximum absolute atomic E-state index is 13.0. The van der Waals surface area contributed by atoms with E-state index in [1.54, 1.807) is 17.0 Å². The summed E-state index contributed by atoms with van der Waals surface area (Å²) < 4.78 is 5.41. The van der Waals surface area contributed by atoms with Crippen molar-refractivity contribution < 1.29 is 14.3 Å². The van der Waals surface area contributed by atoms with Crippen molar-refractivity contribution in [2.24, 2.45) is 0 Å². The normalized spacial score (nSPS) is 22.4. The summed E-state index contributed by atoms with van der Waals surface area (Å²) in [6.45, 7) is 7.61. The van der Waals surface area contributed by atoms with Gasteiger partial charge < -0.3 is 14.5 Å². The van der Waals surface area contributed by atoms with Crippen LogP contribution in [0.5, 0.6) is 5.75 Å². The Morgan fingerprint density at radius 2 is 1.78 bits per heavy atom. The number of carbonyl (C=O) groups is 2. The molecule has 0 spiro atoms. The van der Waals surface area contributed by atoms with Gasteiger partial charge in [0.1, 0.15) is 5.75 Å². The van der Waals surface area contributed by atoms with Gasteiger partial charge in [0.25, 0.3) is 0 Å². The lowest BCUT2D eigenvalue weighted by molar-refractivity contribution is -0.140. The van der Waals surface area contributed by atoms with Crippen LogP contribution in [0, 0.1) is 0 Å². The van der Waals surface area contributed by atoms with E-state index in [1.165, 1.54) is 6.42 Å². The molecule has 27 heavy (non-hydrogen) atoms. The van der Waals surface area contributed by atoms with Crippen LogP contribution >= 0.6 is 0 Å². The Balaban J connectivity index is 1.50. The van der Waals surface area contributed by atoms with E-state index in [0.717, 1.165) is 25.8 Å². The molecule has 2 atom stereocenters. The van der Waals surface area contributed by atoms with Crippen LogP contribution < -0.4 is 4.74 Å². The molecular formula is C21H31N3O3. The number of ether oxygens (including phenoxy) is 1. The second-order valence-electron chi connectivity index (χ2n) is 7.47. The summed E-state index contributed by atoms with van der Waals surface area (Å²) in [6, 6.07) is 9.38. The Bertz CT molecular complexity index is 629. The number of rotatable bonds is 4. The number of hydrogen-bond acceptors (Lipinski definition) is 4. The van der Waals surface area contributed by atoms with Crippen LogP contribution in [0.3, 0.4) is 0 Å². The third kappa shape index (κ3) is 4.80. The maximum atomic E-state index is 13.0. The number of piperazine rings is 1. The third-order valence-corrected chi connectivity index (χ3v) is 5.81. The molecule has 0 N–H and O–H groups in total. The molecule has 148 valence electrons. The molecule has 2 aliphatic heterocycles. The molecule has 6 nitrogen and oxygen atoms in total. The average molecular weight is 373 g/mol. The molecule has 2 saturated heterocycles. The van der Waals surface area contributed by atoms with Gasteiger partial charge in [0, 0.05) is 38.8 Å². The molecule has 1 aromatic carbocycles.